The number of carbonyl (C=O) groups excluding carboxylic acids is 6. The molecule has 0 spiro atoms. The van der Waals surface area contributed by atoms with Gasteiger partial charge in [0.1, 0.15) is 23.3 Å². The highest BCUT2D eigenvalue weighted by atomic mass is 35.5. The zero-order chi connectivity index (χ0) is 58.2. The molecule has 0 atom stereocenters. The van der Waals surface area contributed by atoms with Crippen LogP contribution in [0.15, 0.2) is 97.1 Å². The number of rotatable bonds is 12. The van der Waals surface area contributed by atoms with Crippen molar-refractivity contribution in [3.8, 4) is 33.6 Å². The molecule has 24 heteroatoms. The third kappa shape index (κ3) is 13.3. The number of carbonyl (C=O) groups is 6. The number of amides is 3. The summed E-state index contributed by atoms with van der Waals surface area (Å²) in [7, 11) is 2.51. The van der Waals surface area contributed by atoms with Gasteiger partial charge in [0, 0.05) is 73.9 Å². The van der Waals surface area contributed by atoms with Crippen molar-refractivity contribution >= 4 is 80.3 Å². The van der Waals surface area contributed by atoms with E-state index in [0.29, 0.717) is 63.3 Å². The molecule has 0 radical (unpaired) electrons. The Morgan fingerprint density at radius 3 is 1.28 bits per heavy atom. The second-order valence-corrected chi connectivity index (χ2v) is 18.8. The molecule has 5 heterocycles. The fraction of sp³-hybridized carbons (Fsp3) is 0.263. The highest BCUT2D eigenvalue weighted by molar-refractivity contribution is 6.61. The lowest BCUT2D eigenvalue weighted by molar-refractivity contribution is -0.115. The number of anilines is 2. The lowest BCUT2D eigenvalue weighted by Gasteiger charge is -2.37. The van der Waals surface area contributed by atoms with Gasteiger partial charge < -0.3 is 34.5 Å². The second kappa shape index (κ2) is 25.3. The molecule has 1 saturated carbocycles. The van der Waals surface area contributed by atoms with Crippen molar-refractivity contribution in [3.63, 3.8) is 0 Å². The van der Waals surface area contributed by atoms with Gasteiger partial charge in [-0.3, -0.25) is 9.59 Å². The van der Waals surface area contributed by atoms with Gasteiger partial charge in [0.25, 0.3) is 0 Å². The van der Waals surface area contributed by atoms with E-state index in [4.69, 9.17) is 24.4 Å². The third-order valence-corrected chi connectivity index (χ3v) is 13.0. The largest absolute Gasteiger partial charge is 0.461 e. The maximum Gasteiger partial charge on any atom is 0.409 e. The van der Waals surface area contributed by atoms with E-state index in [-0.39, 0.29) is 65.3 Å². The van der Waals surface area contributed by atoms with Gasteiger partial charge in [0.2, 0.25) is 11.8 Å². The van der Waals surface area contributed by atoms with Crippen LogP contribution in [0, 0.1) is 23.3 Å². The van der Waals surface area contributed by atoms with Gasteiger partial charge in [-0.25, -0.2) is 56.1 Å². The zero-order valence-electron chi connectivity index (χ0n) is 44.4. The van der Waals surface area contributed by atoms with E-state index in [1.807, 2.05) is 12.1 Å². The first kappa shape index (κ1) is 57.9. The first-order valence-corrected chi connectivity index (χ1v) is 25.6. The highest BCUT2D eigenvalue weighted by Crippen LogP contribution is 2.44. The maximum absolute atomic E-state index is 14.3. The number of halogens is 5. The van der Waals surface area contributed by atoms with Crippen molar-refractivity contribution in [1.82, 2.24) is 34.4 Å². The number of benzene rings is 4. The van der Waals surface area contributed by atoms with Crippen molar-refractivity contribution < 1.29 is 65.3 Å². The summed E-state index contributed by atoms with van der Waals surface area (Å²) in [4.78, 5) is 80.4. The molecule has 1 saturated heterocycles. The predicted molar refractivity (Wildman–Crippen MR) is 291 cm³/mol. The van der Waals surface area contributed by atoms with E-state index in [2.05, 4.69) is 36.9 Å². The minimum Gasteiger partial charge on any atom is -0.461 e. The van der Waals surface area contributed by atoms with Crippen LogP contribution in [0.25, 0.3) is 55.7 Å². The Morgan fingerprint density at radius 2 is 0.963 bits per heavy atom. The molecule has 1 aliphatic carbocycles. The first-order chi connectivity index (χ1) is 38.8. The van der Waals surface area contributed by atoms with Gasteiger partial charge in [-0.05, 0) is 110 Å². The van der Waals surface area contributed by atoms with Crippen molar-refractivity contribution in [3.05, 3.63) is 143 Å². The Kier molecular flexibility index (Phi) is 18.1. The molecule has 0 bridgehead atoms. The van der Waals surface area contributed by atoms with E-state index in [9.17, 15) is 46.3 Å². The van der Waals surface area contributed by atoms with Crippen LogP contribution in [0.2, 0.25) is 0 Å². The minimum absolute atomic E-state index is 0.0235. The Morgan fingerprint density at radius 1 is 0.580 bits per heavy atom. The normalized spacial score (nSPS) is 12.9. The molecule has 19 nitrogen and oxygen atoms in total. The molecule has 8 aromatic rings. The quantitative estimate of drug-likeness (QED) is 0.0502. The van der Waals surface area contributed by atoms with Gasteiger partial charge >= 0.3 is 23.5 Å². The number of nitrogens with zero attached hydrogens (tertiary/aromatic N) is 7. The van der Waals surface area contributed by atoms with Crippen molar-refractivity contribution in [2.75, 3.05) is 51.2 Å². The Labute approximate surface area is 465 Å². The molecule has 2 fully saturated rings. The van der Waals surface area contributed by atoms with Crippen molar-refractivity contribution in [2.24, 2.45) is 0 Å². The number of methoxy groups -OCH3 is 2. The van der Waals surface area contributed by atoms with Crippen LogP contribution < -0.4 is 10.6 Å². The first-order valence-electron chi connectivity index (χ1n) is 25.3. The number of ether oxygens (including phenoxy) is 4. The number of fused-ring (bicyclic) bond motifs is 2. The predicted octanol–water partition coefficient (Wildman–Crippen LogP) is 11.4. The average Bonchev–Trinajstić information content (AvgIpc) is 4.18. The molecule has 2 aliphatic rings. The molecule has 0 unspecified atom stereocenters. The summed E-state index contributed by atoms with van der Waals surface area (Å²) < 4.78 is 78.5. The van der Waals surface area contributed by atoms with Gasteiger partial charge in [-0.1, -0.05) is 30.7 Å². The van der Waals surface area contributed by atoms with Crippen LogP contribution in [-0.4, -0.2) is 110 Å². The smallest absolute Gasteiger partial charge is 0.409 e. The maximum atomic E-state index is 14.3. The van der Waals surface area contributed by atoms with Crippen LogP contribution in [-0.2, 0) is 28.5 Å². The molecule has 420 valence electrons. The molecule has 10 rings (SSSR count). The molecule has 3 amide bonds. The molecule has 4 aromatic heterocycles. The van der Waals surface area contributed by atoms with Crippen LogP contribution in [0.1, 0.15) is 91.2 Å². The number of likely N-dealkylation sites (tertiary alicyclic amines) is 1. The molecule has 4 aromatic carbocycles. The van der Waals surface area contributed by atoms with Gasteiger partial charge in [0.15, 0.2) is 22.7 Å². The van der Waals surface area contributed by atoms with Crippen LogP contribution in [0.5, 0.6) is 0 Å². The molecule has 2 N–H and O–H groups in total. The Balaban J connectivity index is 0.000000197. The minimum atomic E-state index is -0.809. The van der Waals surface area contributed by atoms with E-state index < -0.39 is 46.7 Å². The van der Waals surface area contributed by atoms with Gasteiger partial charge in [-0.15, -0.1) is 0 Å². The number of esters is 2. The van der Waals surface area contributed by atoms with Crippen LogP contribution in [0.4, 0.5) is 38.5 Å². The van der Waals surface area contributed by atoms with Gasteiger partial charge in [-0.2, -0.15) is 10.2 Å². The molecule has 1 aliphatic heterocycles. The van der Waals surface area contributed by atoms with E-state index in [1.54, 1.807) is 62.4 Å². The highest BCUT2D eigenvalue weighted by Gasteiger charge is 2.37. The van der Waals surface area contributed by atoms with E-state index in [0.717, 1.165) is 54.8 Å². The zero-order valence-corrected chi connectivity index (χ0v) is 45.2. The van der Waals surface area contributed by atoms with Crippen molar-refractivity contribution in [1.29, 1.82) is 0 Å². The Hall–Kier alpha value is -9.25. The van der Waals surface area contributed by atoms with E-state index >= 15 is 0 Å². The number of nitrogens with one attached hydrogen (secondary N) is 2. The summed E-state index contributed by atoms with van der Waals surface area (Å²) in [6, 6.07) is 23.5. The number of hydrogen-bond acceptors (Lipinski definition) is 14. The average molecular weight is 1130 g/mol. The lowest BCUT2D eigenvalue weighted by atomic mass is 9.81. The monoisotopic (exact) mass is 1130 g/mol. The molecular weight excluding hydrogens is 1080 g/mol. The summed E-state index contributed by atoms with van der Waals surface area (Å²) in [5.41, 5.74) is 5.21. The van der Waals surface area contributed by atoms with E-state index in [1.165, 1.54) is 54.5 Å². The number of aromatic nitrogens is 6. The van der Waals surface area contributed by atoms with Crippen molar-refractivity contribution in [2.45, 2.75) is 58.8 Å². The summed E-state index contributed by atoms with van der Waals surface area (Å²) in [6.07, 6.45) is 2.44. The third-order valence-electron chi connectivity index (χ3n) is 12.9. The Bertz CT molecular complexity index is 3680. The van der Waals surface area contributed by atoms with Crippen LogP contribution >= 0.6 is 11.6 Å². The number of pyridine rings is 2. The van der Waals surface area contributed by atoms with Crippen LogP contribution in [0.3, 0.4) is 0 Å². The summed E-state index contributed by atoms with van der Waals surface area (Å²) in [6.45, 7) is 7.09. The summed E-state index contributed by atoms with van der Waals surface area (Å²) >= 11 is 4.60. The standard InChI is InChI=1S/C28H25F2N5O5.C27H24F2N4O3.C2H3ClO2/c1-4-40-27(37)23-12-22(16-5-7-20(8-6-16)31-15(2)36)24-25(17-13-34(14-17)28(38)39-3)33-35(26(24)32-23)21-10-18(29)9-19(30)11-21;1-3-36-27(35)23-14-22(16-7-9-20(10-8-16)30-15(2)34)24-25(17-5-4-6-17)32-33(26(24)31-23)21-12-18(28)11-19(29)13-21;1-5-2(3)4/h5-12,17H,4,13-14H2,1-3H3,(H,31,36);7-14,17H,3-6H2,1-2H3,(H,30,34);1H3. The fourth-order valence-corrected chi connectivity index (χ4v) is 9.10. The fourth-order valence-electron chi connectivity index (χ4n) is 9.10. The topological polar surface area (TPSA) is 228 Å². The summed E-state index contributed by atoms with van der Waals surface area (Å²) in [5.74, 6) is -4.88. The molecular formula is C57H52ClF4N9O10. The lowest BCUT2D eigenvalue weighted by Crippen LogP contribution is -2.48. The van der Waals surface area contributed by atoms with Gasteiger partial charge in [0.05, 0.1) is 61.0 Å². The molecule has 81 heavy (non-hydrogen) atoms. The number of hydrogen-bond donors (Lipinski definition) is 2. The second-order valence-electron chi connectivity index (χ2n) is 18.5. The SMILES string of the molecule is CCOC(=O)c1cc(-c2ccc(NC(C)=O)cc2)c2c(C3CCC3)nn(-c3cc(F)cc(F)c3)c2n1.CCOC(=O)c1cc(-c2ccc(NC(C)=O)cc2)c2c(C3CN(C(=O)OC)C3)nn(-c3cc(F)cc(F)c3)c2n1.COC(=O)Cl. The summed E-state index contributed by atoms with van der Waals surface area (Å²) in [5, 5.41) is 16.2.